The zero-order valence-electron chi connectivity index (χ0n) is 12.6. The van der Waals surface area contributed by atoms with Crippen LogP contribution in [-0.2, 0) is 4.74 Å². The molecule has 1 rings (SSSR count). The Hall–Kier alpha value is -0.120. The van der Waals surface area contributed by atoms with Gasteiger partial charge in [0, 0.05) is 12.6 Å². The minimum atomic E-state index is 0.541. The molecule has 0 saturated carbocycles. The van der Waals surface area contributed by atoms with Crippen LogP contribution in [0.1, 0.15) is 52.9 Å². The third kappa shape index (κ3) is 6.17. The Morgan fingerprint density at radius 3 is 2.56 bits per heavy atom. The molecule has 0 aromatic rings. The predicted octanol–water partition coefficient (Wildman–Crippen LogP) is 2.66. The van der Waals surface area contributed by atoms with Crippen LogP contribution in [0.4, 0.5) is 0 Å². The van der Waals surface area contributed by atoms with Crippen molar-refractivity contribution in [2.24, 2.45) is 0 Å². The summed E-state index contributed by atoms with van der Waals surface area (Å²) in [6, 6.07) is 0.666. The Labute approximate surface area is 113 Å². The molecule has 1 heterocycles. The topological polar surface area (TPSA) is 24.5 Å². The van der Waals surface area contributed by atoms with Gasteiger partial charge in [0.2, 0.25) is 0 Å². The minimum absolute atomic E-state index is 0.541. The molecule has 1 saturated heterocycles. The van der Waals surface area contributed by atoms with E-state index in [0.717, 1.165) is 13.2 Å². The second kappa shape index (κ2) is 9.76. The lowest BCUT2D eigenvalue weighted by atomic mass is 10.0. The van der Waals surface area contributed by atoms with Crippen LogP contribution in [0.2, 0.25) is 0 Å². The van der Waals surface area contributed by atoms with E-state index in [0.29, 0.717) is 12.1 Å². The maximum absolute atomic E-state index is 5.71. The number of rotatable bonds is 10. The predicted molar refractivity (Wildman–Crippen MR) is 78.1 cm³/mol. The van der Waals surface area contributed by atoms with E-state index in [9.17, 15) is 0 Å². The second-order valence-corrected chi connectivity index (χ2v) is 5.28. The summed E-state index contributed by atoms with van der Waals surface area (Å²) in [4.78, 5) is 2.51. The zero-order chi connectivity index (χ0) is 13.2. The second-order valence-electron chi connectivity index (χ2n) is 5.28. The Kier molecular flexibility index (Phi) is 8.64. The van der Waals surface area contributed by atoms with Crippen LogP contribution >= 0.6 is 0 Å². The van der Waals surface area contributed by atoms with Gasteiger partial charge in [-0.05, 0) is 58.3 Å². The molecule has 1 fully saturated rings. The fraction of sp³-hybridized carbons (Fsp3) is 1.00. The summed E-state index contributed by atoms with van der Waals surface area (Å²) in [6.07, 6.45) is 6.84. The van der Waals surface area contributed by atoms with Gasteiger partial charge in [0.05, 0.1) is 6.10 Å². The lowest BCUT2D eigenvalue weighted by molar-refractivity contribution is 0.0988. The van der Waals surface area contributed by atoms with E-state index in [2.05, 4.69) is 31.0 Å². The molecule has 108 valence electrons. The molecular weight excluding hydrogens is 224 g/mol. The highest BCUT2D eigenvalue weighted by molar-refractivity contribution is 4.73. The molecule has 3 heteroatoms. The quantitative estimate of drug-likeness (QED) is 0.650. The van der Waals surface area contributed by atoms with Crippen molar-refractivity contribution in [3.63, 3.8) is 0 Å². The maximum atomic E-state index is 5.71. The molecule has 0 aromatic carbocycles. The van der Waals surface area contributed by atoms with E-state index in [1.54, 1.807) is 0 Å². The number of nitrogens with zero attached hydrogens (tertiary/aromatic N) is 1. The van der Waals surface area contributed by atoms with Crippen molar-refractivity contribution in [1.82, 2.24) is 10.2 Å². The average molecular weight is 256 g/mol. The fourth-order valence-electron chi connectivity index (χ4n) is 2.77. The first-order valence-corrected chi connectivity index (χ1v) is 7.87. The van der Waals surface area contributed by atoms with Crippen LogP contribution < -0.4 is 5.32 Å². The summed E-state index contributed by atoms with van der Waals surface area (Å²) in [7, 11) is 0. The molecule has 0 aromatic heterocycles. The van der Waals surface area contributed by atoms with Crippen molar-refractivity contribution < 1.29 is 4.74 Å². The SMILES string of the molecule is CCNC(CCC1CCCO1)CCN(CC)CC. The van der Waals surface area contributed by atoms with Crippen LogP contribution in [0.25, 0.3) is 0 Å². The molecule has 1 N–H and O–H groups in total. The van der Waals surface area contributed by atoms with Gasteiger partial charge in [-0.3, -0.25) is 0 Å². The van der Waals surface area contributed by atoms with Gasteiger partial charge in [-0.25, -0.2) is 0 Å². The summed E-state index contributed by atoms with van der Waals surface area (Å²) < 4.78 is 5.71. The van der Waals surface area contributed by atoms with Crippen molar-refractivity contribution in [1.29, 1.82) is 0 Å². The van der Waals surface area contributed by atoms with Gasteiger partial charge in [-0.15, -0.1) is 0 Å². The highest BCUT2D eigenvalue weighted by atomic mass is 16.5. The Morgan fingerprint density at radius 1 is 1.22 bits per heavy atom. The number of nitrogens with one attached hydrogen (secondary N) is 1. The lowest BCUT2D eigenvalue weighted by Crippen LogP contribution is -2.35. The molecule has 0 radical (unpaired) electrons. The smallest absolute Gasteiger partial charge is 0.0576 e. The molecule has 0 amide bonds. The van der Waals surface area contributed by atoms with Gasteiger partial charge >= 0.3 is 0 Å². The lowest BCUT2D eigenvalue weighted by Gasteiger charge is -2.24. The maximum Gasteiger partial charge on any atom is 0.0576 e. The highest BCUT2D eigenvalue weighted by Crippen LogP contribution is 2.18. The average Bonchev–Trinajstić information content (AvgIpc) is 2.90. The first-order valence-electron chi connectivity index (χ1n) is 7.87. The molecule has 0 spiro atoms. The molecule has 2 unspecified atom stereocenters. The minimum Gasteiger partial charge on any atom is -0.378 e. The number of hydrogen-bond donors (Lipinski definition) is 1. The molecule has 1 aliphatic heterocycles. The third-order valence-electron chi connectivity index (χ3n) is 4.04. The highest BCUT2D eigenvalue weighted by Gasteiger charge is 2.17. The van der Waals surface area contributed by atoms with Gasteiger partial charge in [-0.1, -0.05) is 20.8 Å². The molecule has 0 bridgehead atoms. The fourth-order valence-corrected chi connectivity index (χ4v) is 2.77. The van der Waals surface area contributed by atoms with Crippen molar-refractivity contribution in [3.8, 4) is 0 Å². The van der Waals surface area contributed by atoms with Gasteiger partial charge in [0.15, 0.2) is 0 Å². The van der Waals surface area contributed by atoms with Crippen LogP contribution in [0.15, 0.2) is 0 Å². The molecular formula is C15H32N2O. The van der Waals surface area contributed by atoms with Crippen LogP contribution in [0.3, 0.4) is 0 Å². The summed E-state index contributed by atoms with van der Waals surface area (Å²) in [5.41, 5.74) is 0. The van der Waals surface area contributed by atoms with Crippen molar-refractivity contribution >= 4 is 0 Å². The Morgan fingerprint density at radius 2 is 2.00 bits per heavy atom. The molecule has 3 nitrogen and oxygen atoms in total. The number of hydrogen-bond acceptors (Lipinski definition) is 3. The Bertz CT molecular complexity index is 183. The molecule has 1 aliphatic rings. The molecule has 18 heavy (non-hydrogen) atoms. The van der Waals surface area contributed by atoms with E-state index in [-0.39, 0.29) is 0 Å². The summed E-state index contributed by atoms with van der Waals surface area (Å²) in [5.74, 6) is 0. The van der Waals surface area contributed by atoms with Gasteiger partial charge in [0.25, 0.3) is 0 Å². The monoisotopic (exact) mass is 256 g/mol. The van der Waals surface area contributed by atoms with Gasteiger partial charge in [0.1, 0.15) is 0 Å². The van der Waals surface area contributed by atoms with Crippen molar-refractivity contribution in [3.05, 3.63) is 0 Å². The third-order valence-corrected chi connectivity index (χ3v) is 4.04. The van der Waals surface area contributed by atoms with E-state index in [1.807, 2.05) is 0 Å². The van der Waals surface area contributed by atoms with Crippen LogP contribution in [-0.4, -0.2) is 49.8 Å². The van der Waals surface area contributed by atoms with Crippen molar-refractivity contribution in [2.45, 2.75) is 65.0 Å². The van der Waals surface area contributed by atoms with E-state index < -0.39 is 0 Å². The first kappa shape index (κ1) is 15.9. The normalized spacial score (nSPS) is 21.7. The van der Waals surface area contributed by atoms with Gasteiger partial charge in [-0.2, -0.15) is 0 Å². The first-order chi connectivity index (χ1) is 8.80. The van der Waals surface area contributed by atoms with E-state index in [4.69, 9.17) is 4.74 Å². The molecule has 2 atom stereocenters. The summed E-state index contributed by atoms with van der Waals surface area (Å²) >= 11 is 0. The van der Waals surface area contributed by atoms with Crippen LogP contribution in [0.5, 0.6) is 0 Å². The summed E-state index contributed by atoms with van der Waals surface area (Å²) in [6.45, 7) is 12.3. The van der Waals surface area contributed by atoms with E-state index >= 15 is 0 Å². The van der Waals surface area contributed by atoms with Crippen molar-refractivity contribution in [2.75, 3.05) is 32.8 Å². The Balaban J connectivity index is 2.20. The summed E-state index contributed by atoms with van der Waals surface area (Å²) in [5, 5.41) is 3.63. The van der Waals surface area contributed by atoms with E-state index in [1.165, 1.54) is 51.7 Å². The number of ether oxygens (including phenoxy) is 1. The zero-order valence-corrected chi connectivity index (χ0v) is 12.6. The molecule has 0 aliphatic carbocycles. The standard InChI is InChI=1S/C15H32N2O/c1-4-16-14(11-12-17(5-2)6-3)9-10-15-8-7-13-18-15/h14-16H,4-13H2,1-3H3. The van der Waals surface area contributed by atoms with Gasteiger partial charge < -0.3 is 15.0 Å². The largest absolute Gasteiger partial charge is 0.378 e. The van der Waals surface area contributed by atoms with Crippen LogP contribution in [0, 0.1) is 0 Å².